The molecule has 2 aromatic carbocycles. The molecule has 0 aliphatic carbocycles. The summed E-state index contributed by atoms with van der Waals surface area (Å²) in [6.45, 7) is 3.55. The Bertz CT molecular complexity index is 572. The van der Waals surface area contributed by atoms with Crippen LogP contribution >= 0.6 is 11.8 Å². The number of hydrogen-bond acceptors (Lipinski definition) is 3. The standard InChI is InChI=1S/C18H20O2S/c1-2-11-19-16-8-4-5-9-17(16)20-13-15-12-14-7-3-6-10-18(14)21-15/h3-10,15H,2,11-13H2,1H3. The fourth-order valence-corrected chi connectivity index (χ4v) is 3.65. The van der Waals surface area contributed by atoms with Gasteiger partial charge in [0.1, 0.15) is 6.61 Å². The van der Waals surface area contributed by atoms with Gasteiger partial charge in [0, 0.05) is 10.1 Å². The highest BCUT2D eigenvalue weighted by molar-refractivity contribution is 8.00. The van der Waals surface area contributed by atoms with Crippen molar-refractivity contribution in [2.75, 3.05) is 13.2 Å². The number of para-hydroxylation sites is 2. The quantitative estimate of drug-likeness (QED) is 0.778. The monoisotopic (exact) mass is 300 g/mol. The van der Waals surface area contributed by atoms with E-state index >= 15 is 0 Å². The second-order valence-corrected chi connectivity index (χ2v) is 6.50. The van der Waals surface area contributed by atoms with Gasteiger partial charge in [-0.25, -0.2) is 0 Å². The van der Waals surface area contributed by atoms with Gasteiger partial charge in [0.15, 0.2) is 11.5 Å². The molecule has 1 heterocycles. The normalized spacial score (nSPS) is 16.5. The molecule has 0 saturated carbocycles. The van der Waals surface area contributed by atoms with Crippen LogP contribution in [-0.4, -0.2) is 18.5 Å². The van der Waals surface area contributed by atoms with Crippen LogP contribution in [0.4, 0.5) is 0 Å². The highest BCUT2D eigenvalue weighted by Crippen LogP contribution is 2.37. The molecule has 0 N–H and O–H groups in total. The van der Waals surface area contributed by atoms with Crippen molar-refractivity contribution < 1.29 is 9.47 Å². The van der Waals surface area contributed by atoms with E-state index in [0.717, 1.165) is 30.9 Å². The maximum absolute atomic E-state index is 6.00. The van der Waals surface area contributed by atoms with E-state index < -0.39 is 0 Å². The Labute approximate surface area is 130 Å². The van der Waals surface area contributed by atoms with Gasteiger partial charge in [-0.15, -0.1) is 11.8 Å². The minimum atomic E-state index is 0.488. The fourth-order valence-electron chi connectivity index (χ4n) is 2.43. The highest BCUT2D eigenvalue weighted by Gasteiger charge is 2.22. The van der Waals surface area contributed by atoms with Gasteiger partial charge in [-0.1, -0.05) is 37.3 Å². The van der Waals surface area contributed by atoms with E-state index in [1.54, 1.807) is 0 Å². The van der Waals surface area contributed by atoms with Crippen LogP contribution in [0.15, 0.2) is 53.4 Å². The number of thioether (sulfide) groups is 1. The van der Waals surface area contributed by atoms with Crippen LogP contribution in [0.2, 0.25) is 0 Å². The third-order valence-electron chi connectivity index (χ3n) is 3.45. The lowest BCUT2D eigenvalue weighted by Crippen LogP contribution is -2.14. The predicted octanol–water partition coefficient (Wildman–Crippen LogP) is 4.57. The Morgan fingerprint density at radius 3 is 2.48 bits per heavy atom. The van der Waals surface area contributed by atoms with E-state index in [4.69, 9.17) is 9.47 Å². The van der Waals surface area contributed by atoms with Crippen molar-refractivity contribution in [3.05, 3.63) is 54.1 Å². The van der Waals surface area contributed by atoms with Gasteiger partial charge < -0.3 is 9.47 Å². The Kier molecular flexibility index (Phi) is 4.71. The molecule has 1 unspecified atom stereocenters. The molecule has 2 nitrogen and oxygen atoms in total. The topological polar surface area (TPSA) is 18.5 Å². The van der Waals surface area contributed by atoms with Crippen LogP contribution in [0.1, 0.15) is 18.9 Å². The average molecular weight is 300 g/mol. The third-order valence-corrected chi connectivity index (χ3v) is 4.74. The summed E-state index contributed by atoms with van der Waals surface area (Å²) in [7, 11) is 0. The molecule has 0 radical (unpaired) electrons. The molecule has 110 valence electrons. The molecular weight excluding hydrogens is 280 g/mol. The zero-order chi connectivity index (χ0) is 14.5. The van der Waals surface area contributed by atoms with Crippen molar-refractivity contribution in [2.45, 2.75) is 29.9 Å². The van der Waals surface area contributed by atoms with Crippen LogP contribution in [0.3, 0.4) is 0 Å². The van der Waals surface area contributed by atoms with E-state index in [-0.39, 0.29) is 0 Å². The van der Waals surface area contributed by atoms with Crippen LogP contribution < -0.4 is 9.47 Å². The maximum Gasteiger partial charge on any atom is 0.161 e. The van der Waals surface area contributed by atoms with Gasteiger partial charge in [-0.3, -0.25) is 0 Å². The Morgan fingerprint density at radius 2 is 1.71 bits per heavy atom. The number of hydrogen-bond donors (Lipinski definition) is 0. The summed E-state index contributed by atoms with van der Waals surface area (Å²) in [6.07, 6.45) is 2.08. The van der Waals surface area contributed by atoms with Crippen molar-refractivity contribution in [1.29, 1.82) is 0 Å². The van der Waals surface area contributed by atoms with Crippen LogP contribution in [0, 0.1) is 0 Å². The largest absolute Gasteiger partial charge is 0.490 e. The molecule has 21 heavy (non-hydrogen) atoms. The first-order chi connectivity index (χ1) is 10.4. The minimum absolute atomic E-state index is 0.488. The molecule has 2 aromatic rings. The SMILES string of the molecule is CCCOc1ccccc1OCC1Cc2ccccc2S1. The first-order valence-corrected chi connectivity index (χ1v) is 8.34. The lowest BCUT2D eigenvalue weighted by Gasteiger charge is -2.14. The van der Waals surface area contributed by atoms with Gasteiger partial charge in [0.05, 0.1) is 6.61 Å². The van der Waals surface area contributed by atoms with E-state index in [0.29, 0.717) is 11.9 Å². The lowest BCUT2D eigenvalue weighted by molar-refractivity contribution is 0.268. The van der Waals surface area contributed by atoms with Gasteiger partial charge in [-0.2, -0.15) is 0 Å². The number of benzene rings is 2. The minimum Gasteiger partial charge on any atom is -0.490 e. The summed E-state index contributed by atoms with van der Waals surface area (Å²) in [4.78, 5) is 1.39. The molecule has 0 amide bonds. The summed E-state index contributed by atoms with van der Waals surface area (Å²) >= 11 is 1.91. The maximum atomic E-state index is 6.00. The third kappa shape index (κ3) is 3.53. The van der Waals surface area contributed by atoms with Crippen molar-refractivity contribution in [2.24, 2.45) is 0 Å². The lowest BCUT2D eigenvalue weighted by atomic mass is 10.1. The van der Waals surface area contributed by atoms with E-state index in [9.17, 15) is 0 Å². The Morgan fingerprint density at radius 1 is 1.00 bits per heavy atom. The average Bonchev–Trinajstić information content (AvgIpc) is 2.94. The number of fused-ring (bicyclic) bond motifs is 1. The van der Waals surface area contributed by atoms with Crippen molar-refractivity contribution >= 4 is 11.8 Å². The molecule has 0 fully saturated rings. The fraction of sp³-hybridized carbons (Fsp3) is 0.333. The summed E-state index contributed by atoms with van der Waals surface area (Å²) in [5.74, 6) is 1.70. The molecule has 1 aliphatic rings. The molecule has 0 bridgehead atoms. The molecule has 3 heteroatoms. The van der Waals surface area contributed by atoms with Crippen molar-refractivity contribution in [1.82, 2.24) is 0 Å². The molecule has 1 aliphatic heterocycles. The van der Waals surface area contributed by atoms with Gasteiger partial charge >= 0.3 is 0 Å². The molecule has 0 aromatic heterocycles. The molecule has 0 spiro atoms. The number of rotatable bonds is 6. The van der Waals surface area contributed by atoms with Crippen molar-refractivity contribution in [3.8, 4) is 11.5 Å². The first kappa shape index (κ1) is 14.3. The van der Waals surface area contributed by atoms with Gasteiger partial charge in [0.25, 0.3) is 0 Å². The summed E-state index contributed by atoms with van der Waals surface area (Å²) in [6, 6.07) is 16.5. The van der Waals surface area contributed by atoms with Crippen LogP contribution in [0.5, 0.6) is 11.5 Å². The summed E-state index contributed by atoms with van der Waals surface area (Å²) < 4.78 is 11.7. The predicted molar refractivity (Wildman–Crippen MR) is 87.5 cm³/mol. The van der Waals surface area contributed by atoms with Crippen LogP contribution in [0.25, 0.3) is 0 Å². The van der Waals surface area contributed by atoms with Crippen LogP contribution in [-0.2, 0) is 6.42 Å². The first-order valence-electron chi connectivity index (χ1n) is 7.46. The molecule has 0 saturated heterocycles. The summed E-state index contributed by atoms with van der Waals surface area (Å²) in [5, 5.41) is 0.488. The summed E-state index contributed by atoms with van der Waals surface area (Å²) in [5.41, 5.74) is 1.44. The van der Waals surface area contributed by atoms with E-state index in [2.05, 4.69) is 31.2 Å². The zero-order valence-electron chi connectivity index (χ0n) is 12.2. The molecule has 3 rings (SSSR count). The highest BCUT2D eigenvalue weighted by atomic mass is 32.2. The molecule has 1 atom stereocenters. The number of ether oxygens (including phenoxy) is 2. The zero-order valence-corrected chi connectivity index (χ0v) is 13.1. The second kappa shape index (κ2) is 6.90. The van der Waals surface area contributed by atoms with Gasteiger partial charge in [0.2, 0.25) is 0 Å². The van der Waals surface area contributed by atoms with Crippen molar-refractivity contribution in [3.63, 3.8) is 0 Å². The van der Waals surface area contributed by atoms with Gasteiger partial charge in [-0.05, 0) is 36.6 Å². The Balaban J connectivity index is 1.59. The van der Waals surface area contributed by atoms with E-state index in [1.807, 2.05) is 36.0 Å². The smallest absolute Gasteiger partial charge is 0.161 e. The van der Waals surface area contributed by atoms with E-state index in [1.165, 1.54) is 10.5 Å². The second-order valence-electron chi connectivity index (χ2n) is 5.16. The molecular formula is C18H20O2S. The Hall–Kier alpha value is -1.61.